The van der Waals surface area contributed by atoms with Crippen LogP contribution in [0.3, 0.4) is 0 Å². The zero-order chi connectivity index (χ0) is 24.5. The summed E-state index contributed by atoms with van der Waals surface area (Å²) in [6, 6.07) is 0. The van der Waals surface area contributed by atoms with Crippen LogP contribution in [0, 0.1) is 17.8 Å². The maximum Gasteiger partial charge on any atom is 0.163 e. The van der Waals surface area contributed by atoms with Gasteiger partial charge in [0.25, 0.3) is 0 Å². The maximum atomic E-state index is 15.1. The third-order valence-corrected chi connectivity index (χ3v) is 7.55. The minimum atomic E-state index is -0.702. The van der Waals surface area contributed by atoms with Gasteiger partial charge in [-0.1, -0.05) is 18.7 Å². The third-order valence-electron chi connectivity index (χ3n) is 7.55. The van der Waals surface area contributed by atoms with E-state index in [1.165, 1.54) is 6.08 Å². The van der Waals surface area contributed by atoms with Crippen LogP contribution in [-0.2, 0) is 14.2 Å². The summed E-state index contributed by atoms with van der Waals surface area (Å²) in [5.74, 6) is -1.02. The number of halogens is 3. The van der Waals surface area contributed by atoms with E-state index < -0.39 is 11.7 Å². The number of hydrogen-bond donors (Lipinski definition) is 0. The fourth-order valence-corrected chi connectivity index (χ4v) is 5.36. The molecule has 190 valence electrons. The second kappa shape index (κ2) is 13.3. The van der Waals surface area contributed by atoms with Gasteiger partial charge >= 0.3 is 0 Å². The zero-order valence-electron chi connectivity index (χ0n) is 20.5. The van der Waals surface area contributed by atoms with Gasteiger partial charge in [0, 0.05) is 20.6 Å². The van der Waals surface area contributed by atoms with Crippen molar-refractivity contribution in [2.24, 2.45) is 17.8 Å². The molecular formula is C28H39F3O3. The Morgan fingerprint density at radius 2 is 1.68 bits per heavy atom. The van der Waals surface area contributed by atoms with E-state index in [2.05, 4.69) is 6.58 Å². The summed E-state index contributed by atoms with van der Waals surface area (Å²) in [6.07, 6.45) is 13.7. The first-order valence-electron chi connectivity index (χ1n) is 12.6. The van der Waals surface area contributed by atoms with Crippen LogP contribution in [0.1, 0.15) is 64.2 Å². The average Bonchev–Trinajstić information content (AvgIpc) is 2.87. The summed E-state index contributed by atoms with van der Waals surface area (Å²) in [6.45, 7) is 4.14. The van der Waals surface area contributed by atoms with Crippen molar-refractivity contribution in [2.75, 3.05) is 20.8 Å². The van der Waals surface area contributed by atoms with Crippen molar-refractivity contribution >= 4 is 0 Å². The smallest absolute Gasteiger partial charge is 0.163 e. The van der Waals surface area contributed by atoms with E-state index in [-0.39, 0.29) is 42.1 Å². The van der Waals surface area contributed by atoms with Crippen LogP contribution in [-0.4, -0.2) is 33.0 Å². The molecule has 2 saturated carbocycles. The first kappa shape index (κ1) is 26.8. The molecule has 0 spiro atoms. The van der Waals surface area contributed by atoms with Gasteiger partial charge in [-0.2, -0.15) is 0 Å². The van der Waals surface area contributed by atoms with Gasteiger partial charge in [-0.25, -0.2) is 13.2 Å². The molecule has 34 heavy (non-hydrogen) atoms. The number of rotatable bonds is 10. The molecule has 0 amide bonds. The van der Waals surface area contributed by atoms with Crippen LogP contribution in [0.5, 0.6) is 0 Å². The molecule has 0 aromatic carbocycles. The summed E-state index contributed by atoms with van der Waals surface area (Å²) in [7, 11) is 3.26. The Bertz CT molecular complexity index is 798. The molecule has 3 aliphatic rings. The molecule has 3 rings (SSSR count). The normalized spacial score (nSPS) is 31.3. The van der Waals surface area contributed by atoms with E-state index in [9.17, 15) is 8.78 Å². The van der Waals surface area contributed by atoms with Gasteiger partial charge in [-0.15, -0.1) is 0 Å². The summed E-state index contributed by atoms with van der Waals surface area (Å²) in [5.41, 5.74) is 0.440. The third kappa shape index (κ3) is 7.35. The topological polar surface area (TPSA) is 27.7 Å². The molecule has 0 aromatic heterocycles. The Labute approximate surface area is 202 Å². The number of ether oxygens (including phenoxy) is 3. The predicted molar refractivity (Wildman–Crippen MR) is 129 cm³/mol. The van der Waals surface area contributed by atoms with Gasteiger partial charge in [0.15, 0.2) is 17.4 Å². The molecule has 0 aliphatic heterocycles. The van der Waals surface area contributed by atoms with E-state index in [1.54, 1.807) is 32.4 Å². The van der Waals surface area contributed by atoms with Crippen molar-refractivity contribution in [3.05, 3.63) is 59.7 Å². The first-order valence-corrected chi connectivity index (χ1v) is 12.6. The van der Waals surface area contributed by atoms with Crippen LogP contribution in [0.15, 0.2) is 59.7 Å². The minimum absolute atomic E-state index is 0.00531. The van der Waals surface area contributed by atoms with Gasteiger partial charge in [-0.05, 0) is 93.3 Å². The molecule has 0 heterocycles. The lowest BCUT2D eigenvalue weighted by molar-refractivity contribution is 0.0612. The van der Waals surface area contributed by atoms with E-state index >= 15 is 4.39 Å². The number of allylic oxidation sites excluding steroid dienone is 6. The number of methoxy groups -OCH3 is 2. The Morgan fingerprint density at radius 1 is 1.00 bits per heavy atom. The van der Waals surface area contributed by atoms with Gasteiger partial charge < -0.3 is 14.2 Å². The second-order valence-electron chi connectivity index (χ2n) is 9.78. The van der Waals surface area contributed by atoms with Gasteiger partial charge in [0.2, 0.25) is 0 Å². The SMILES string of the molecule is C=C/C=C(\C(F)=C(\F)CC1CCC(COC2=CCC(OC)C=C2F)CC1)C1CCC(OC)CC1. The average molecular weight is 481 g/mol. The molecule has 0 N–H and O–H groups in total. The van der Waals surface area contributed by atoms with Gasteiger partial charge in [0.05, 0.1) is 18.8 Å². The van der Waals surface area contributed by atoms with Crippen molar-refractivity contribution in [2.45, 2.75) is 76.4 Å². The molecule has 1 atom stereocenters. The quantitative estimate of drug-likeness (QED) is 0.298. The Morgan fingerprint density at radius 3 is 2.26 bits per heavy atom. The van der Waals surface area contributed by atoms with Crippen LogP contribution in [0.2, 0.25) is 0 Å². The van der Waals surface area contributed by atoms with E-state index in [4.69, 9.17) is 14.2 Å². The van der Waals surface area contributed by atoms with Crippen molar-refractivity contribution in [1.82, 2.24) is 0 Å². The standard InChI is InChI=1S/C28H39F3O3/c1-4-5-24(21-10-12-22(32-2)13-11-21)28(31)26(30)16-19-6-8-20(9-7-19)18-34-27-15-14-23(33-3)17-25(27)29/h4-5,15,17,19-23H,1,6-14,16,18H2,2-3H3/b24-5-,28-26-. The van der Waals surface area contributed by atoms with Crippen molar-refractivity contribution in [3.8, 4) is 0 Å². The highest BCUT2D eigenvalue weighted by Gasteiger charge is 2.29. The molecule has 0 aromatic rings. The molecule has 3 aliphatic carbocycles. The lowest BCUT2D eigenvalue weighted by atomic mass is 9.79. The lowest BCUT2D eigenvalue weighted by Gasteiger charge is -2.30. The van der Waals surface area contributed by atoms with Crippen LogP contribution < -0.4 is 0 Å². The molecule has 6 heteroatoms. The van der Waals surface area contributed by atoms with E-state index in [0.29, 0.717) is 24.5 Å². The zero-order valence-corrected chi connectivity index (χ0v) is 20.5. The highest BCUT2D eigenvalue weighted by atomic mass is 19.2. The van der Waals surface area contributed by atoms with E-state index in [1.807, 2.05) is 0 Å². The fourth-order valence-electron chi connectivity index (χ4n) is 5.36. The second-order valence-corrected chi connectivity index (χ2v) is 9.78. The van der Waals surface area contributed by atoms with Crippen LogP contribution in [0.4, 0.5) is 13.2 Å². The molecule has 0 saturated heterocycles. The Kier molecular flexibility index (Phi) is 10.5. The number of hydrogen-bond acceptors (Lipinski definition) is 3. The molecule has 0 radical (unpaired) electrons. The van der Waals surface area contributed by atoms with Crippen LogP contribution in [0.25, 0.3) is 0 Å². The molecule has 3 nitrogen and oxygen atoms in total. The van der Waals surface area contributed by atoms with Crippen molar-refractivity contribution in [1.29, 1.82) is 0 Å². The predicted octanol–water partition coefficient (Wildman–Crippen LogP) is 7.82. The van der Waals surface area contributed by atoms with Crippen molar-refractivity contribution in [3.63, 3.8) is 0 Å². The fraction of sp³-hybridized carbons (Fsp3) is 0.643. The van der Waals surface area contributed by atoms with E-state index in [0.717, 1.165) is 51.4 Å². The first-order chi connectivity index (χ1) is 16.4. The van der Waals surface area contributed by atoms with Crippen LogP contribution >= 0.6 is 0 Å². The highest BCUT2D eigenvalue weighted by Crippen LogP contribution is 2.39. The maximum absolute atomic E-state index is 15.1. The van der Waals surface area contributed by atoms with Crippen molar-refractivity contribution < 1.29 is 27.4 Å². The summed E-state index contributed by atoms with van der Waals surface area (Å²) < 4.78 is 60.5. The Hall–Kier alpha value is -1.79. The summed E-state index contributed by atoms with van der Waals surface area (Å²) >= 11 is 0. The lowest BCUT2D eigenvalue weighted by Crippen LogP contribution is -2.22. The highest BCUT2D eigenvalue weighted by molar-refractivity contribution is 5.33. The Balaban J connectivity index is 1.48. The van der Waals surface area contributed by atoms with Gasteiger partial charge in [0.1, 0.15) is 5.83 Å². The minimum Gasteiger partial charge on any atom is -0.491 e. The molecule has 0 bridgehead atoms. The molecule has 2 fully saturated rings. The molecular weight excluding hydrogens is 441 g/mol. The monoisotopic (exact) mass is 480 g/mol. The summed E-state index contributed by atoms with van der Waals surface area (Å²) in [5, 5.41) is 0. The molecule has 1 unspecified atom stereocenters. The van der Waals surface area contributed by atoms with Gasteiger partial charge in [-0.3, -0.25) is 0 Å². The largest absolute Gasteiger partial charge is 0.491 e. The summed E-state index contributed by atoms with van der Waals surface area (Å²) in [4.78, 5) is 0.